The fraction of sp³-hybridized carbons (Fsp3) is 0.533. The van der Waals surface area contributed by atoms with Crippen LogP contribution in [0.15, 0.2) is 60.7 Å². The Kier molecular flexibility index (Phi) is 11.9. The molecule has 0 spiro atoms. The number of amides is 4. The zero-order chi connectivity index (χ0) is 44.1. The first-order chi connectivity index (χ1) is 28.7. The van der Waals surface area contributed by atoms with Gasteiger partial charge in [0.25, 0.3) is 5.91 Å². The summed E-state index contributed by atoms with van der Waals surface area (Å²) in [6.07, 6.45) is 5.12. The van der Waals surface area contributed by atoms with Crippen molar-refractivity contribution in [3.63, 3.8) is 0 Å². The van der Waals surface area contributed by atoms with Crippen molar-refractivity contribution in [3.05, 3.63) is 66.5 Å². The molecule has 7 rings (SSSR count). The summed E-state index contributed by atoms with van der Waals surface area (Å²) in [5.41, 5.74) is -1.32. The maximum atomic E-state index is 15.0. The van der Waals surface area contributed by atoms with Crippen LogP contribution in [0.2, 0.25) is 0 Å². The fourth-order valence-electron chi connectivity index (χ4n) is 8.38. The molecule has 3 heterocycles. The molecule has 7 atom stereocenters. The van der Waals surface area contributed by atoms with E-state index < -0.39 is 79.6 Å². The predicted molar refractivity (Wildman–Crippen MR) is 226 cm³/mol. The van der Waals surface area contributed by atoms with Crippen LogP contribution in [0.3, 0.4) is 0 Å². The number of hydrogen-bond acceptors (Lipinski definition) is 10. The molecule has 1 saturated heterocycles. The van der Waals surface area contributed by atoms with E-state index >= 15 is 0 Å². The number of benzene rings is 2. The Bertz CT molecular complexity index is 2350. The highest BCUT2D eigenvalue weighted by Crippen LogP contribution is 2.48. The summed E-state index contributed by atoms with van der Waals surface area (Å²) in [4.78, 5) is 63.3. The third kappa shape index (κ3) is 9.48. The number of rotatable bonds is 8. The average Bonchev–Trinajstić information content (AvgIpc) is 4.07. The average molecular weight is 862 g/mol. The van der Waals surface area contributed by atoms with E-state index in [1.165, 1.54) is 17.0 Å². The monoisotopic (exact) mass is 861 g/mol. The van der Waals surface area contributed by atoms with Gasteiger partial charge in [-0.1, -0.05) is 26.0 Å². The van der Waals surface area contributed by atoms with Crippen LogP contribution in [0.4, 0.5) is 9.18 Å². The number of hydrogen-bond donors (Lipinski definition) is 3. The second kappa shape index (κ2) is 16.6. The Morgan fingerprint density at radius 3 is 2.43 bits per heavy atom. The van der Waals surface area contributed by atoms with Crippen molar-refractivity contribution in [1.29, 1.82) is 0 Å². The number of fused-ring (bicyclic) bond motifs is 3. The van der Waals surface area contributed by atoms with Gasteiger partial charge in [0.2, 0.25) is 27.7 Å². The molecule has 16 heteroatoms. The molecule has 61 heavy (non-hydrogen) atoms. The van der Waals surface area contributed by atoms with E-state index in [9.17, 15) is 32.0 Å². The third-order valence-electron chi connectivity index (χ3n) is 12.3. The van der Waals surface area contributed by atoms with Crippen LogP contribution in [0.5, 0.6) is 11.6 Å². The number of methoxy groups -OCH3 is 1. The van der Waals surface area contributed by atoms with E-state index in [0.717, 1.165) is 6.42 Å². The van der Waals surface area contributed by atoms with Gasteiger partial charge in [-0.25, -0.2) is 22.6 Å². The first-order valence-electron chi connectivity index (χ1n) is 21.0. The first kappa shape index (κ1) is 43.8. The van der Waals surface area contributed by atoms with Gasteiger partial charge in [-0.2, -0.15) is 0 Å². The lowest BCUT2D eigenvalue weighted by atomic mass is 9.88. The zero-order valence-electron chi connectivity index (χ0n) is 35.7. The molecule has 2 aromatic carbocycles. The van der Waals surface area contributed by atoms with E-state index in [2.05, 4.69) is 22.3 Å². The van der Waals surface area contributed by atoms with E-state index in [-0.39, 0.29) is 37.1 Å². The van der Waals surface area contributed by atoms with Crippen LogP contribution < -0.4 is 24.8 Å². The van der Waals surface area contributed by atoms with Crippen LogP contribution in [0.25, 0.3) is 22.0 Å². The van der Waals surface area contributed by atoms with Gasteiger partial charge in [-0.3, -0.25) is 19.1 Å². The molecule has 2 saturated carbocycles. The van der Waals surface area contributed by atoms with Crippen LogP contribution in [-0.4, -0.2) is 89.8 Å². The summed E-state index contributed by atoms with van der Waals surface area (Å²) >= 11 is 0. The summed E-state index contributed by atoms with van der Waals surface area (Å²) in [7, 11) is -2.49. The smallest absolute Gasteiger partial charge is 0.408 e. The summed E-state index contributed by atoms with van der Waals surface area (Å²) in [6.45, 7) is 10.6. The molecule has 14 nitrogen and oxygen atoms in total. The summed E-state index contributed by atoms with van der Waals surface area (Å²) in [5.74, 6) is -2.42. The highest BCUT2D eigenvalue weighted by molar-refractivity contribution is 7.91. The fourth-order valence-corrected chi connectivity index (χ4v) is 9.69. The highest BCUT2D eigenvalue weighted by atomic mass is 32.2. The van der Waals surface area contributed by atoms with Crippen LogP contribution >= 0.6 is 0 Å². The SMILES string of the molecule is COc1ccc2c(O[C@@H]3C[C@H]4C(=O)N[C@]5(C(=O)NS(=O)(=O)C6(C)CC6)CC5/C=C\CC[C@H](C)C[C@@H](C)[C@H](NC(=O)OC(C)(C)C)C(=O)N4C3)nc(-c3ccc(F)cc3)cc2c1. The molecule has 1 aromatic heterocycles. The number of nitrogens with zero attached hydrogens (tertiary/aromatic N) is 2. The molecular weight excluding hydrogens is 806 g/mol. The van der Waals surface area contributed by atoms with Crippen LogP contribution in [0, 0.1) is 23.6 Å². The van der Waals surface area contributed by atoms with Gasteiger partial charge in [0.15, 0.2) is 0 Å². The summed E-state index contributed by atoms with van der Waals surface area (Å²) in [5, 5.41) is 7.05. The molecule has 0 bridgehead atoms. The Labute approximate surface area is 356 Å². The standard InChI is InChI=1S/C45H56FN5O9S/c1-26-10-8-9-11-30-24-45(30,41(54)50-61(56,57)44(6)18-19-44)49-38(52)36-23-33(25-51(36)40(53)37(27(2)20-26)48-42(55)60-43(3,4)5)59-39-34-17-16-32(58-7)21-29(34)22-35(47-39)28-12-14-31(46)15-13-28/h9,11-17,21-22,26-27,30,33,36-37H,8,10,18-20,23-25H2,1-7H3,(H,48,55)(H,49,52)(H,50,54)/b11-9-/t26-,27+,30?,33+,36-,37-,45+/m0/s1. The van der Waals surface area contributed by atoms with E-state index in [4.69, 9.17) is 19.2 Å². The number of sulfonamides is 1. The van der Waals surface area contributed by atoms with Gasteiger partial charge in [-0.05, 0) is 132 Å². The quantitative estimate of drug-likeness (QED) is 0.222. The molecule has 3 fully saturated rings. The number of alkyl carbamates (subject to hydrolysis) is 1. The second-order valence-electron chi connectivity index (χ2n) is 18.5. The van der Waals surface area contributed by atoms with Gasteiger partial charge >= 0.3 is 6.09 Å². The van der Waals surface area contributed by atoms with E-state index in [0.29, 0.717) is 53.5 Å². The Hall–Kier alpha value is -5.25. The van der Waals surface area contributed by atoms with Gasteiger partial charge in [-0.15, -0.1) is 0 Å². The molecule has 328 valence electrons. The van der Waals surface area contributed by atoms with Crippen molar-refractivity contribution in [2.75, 3.05) is 13.7 Å². The summed E-state index contributed by atoms with van der Waals surface area (Å²) in [6, 6.07) is 10.8. The topological polar surface area (TPSA) is 182 Å². The molecule has 0 radical (unpaired) electrons. The minimum absolute atomic E-state index is 0.0316. The third-order valence-corrected chi connectivity index (χ3v) is 14.5. The number of nitrogens with one attached hydrogen (secondary N) is 3. The van der Waals surface area contributed by atoms with Crippen LogP contribution in [-0.2, 0) is 29.1 Å². The molecule has 4 aliphatic rings. The normalized spacial score (nSPS) is 28.2. The molecular formula is C45H56FN5O9S. The maximum Gasteiger partial charge on any atom is 0.408 e. The Balaban J connectivity index is 1.26. The lowest BCUT2D eigenvalue weighted by Gasteiger charge is -2.33. The lowest BCUT2D eigenvalue weighted by Crippen LogP contribution is -2.59. The number of ether oxygens (including phenoxy) is 3. The zero-order valence-corrected chi connectivity index (χ0v) is 36.6. The molecule has 4 amide bonds. The maximum absolute atomic E-state index is 15.0. The first-order valence-corrected chi connectivity index (χ1v) is 22.5. The van der Waals surface area contributed by atoms with Gasteiger partial charge in [0.1, 0.15) is 40.9 Å². The molecule has 1 unspecified atom stereocenters. The van der Waals surface area contributed by atoms with Crippen molar-refractivity contribution >= 4 is 44.6 Å². The second-order valence-corrected chi connectivity index (χ2v) is 20.7. The van der Waals surface area contributed by atoms with Crippen molar-refractivity contribution < 1.29 is 46.2 Å². The molecule has 2 aliphatic carbocycles. The molecule has 2 aliphatic heterocycles. The number of halogens is 1. The number of allylic oxidation sites excluding steroid dienone is 1. The minimum Gasteiger partial charge on any atom is -0.497 e. The number of pyridine rings is 1. The number of carbonyl (C=O) groups is 4. The molecule has 3 aromatic rings. The van der Waals surface area contributed by atoms with E-state index in [1.54, 1.807) is 59.1 Å². The van der Waals surface area contributed by atoms with Crippen molar-refractivity contribution in [2.45, 2.75) is 121 Å². The number of carbonyl (C=O) groups excluding carboxylic acids is 4. The summed E-state index contributed by atoms with van der Waals surface area (Å²) < 4.78 is 59.4. The van der Waals surface area contributed by atoms with Gasteiger partial charge in [0, 0.05) is 23.3 Å². The van der Waals surface area contributed by atoms with Crippen molar-refractivity contribution in [3.8, 4) is 22.9 Å². The van der Waals surface area contributed by atoms with Crippen LogP contribution in [0.1, 0.15) is 86.5 Å². The molecule has 3 N–H and O–H groups in total. The lowest BCUT2D eigenvalue weighted by molar-refractivity contribution is -0.142. The van der Waals surface area contributed by atoms with Crippen molar-refractivity contribution in [1.82, 2.24) is 25.2 Å². The van der Waals surface area contributed by atoms with E-state index in [1.807, 2.05) is 31.2 Å². The highest BCUT2D eigenvalue weighted by Gasteiger charge is 2.63. The van der Waals surface area contributed by atoms with Crippen molar-refractivity contribution in [2.24, 2.45) is 17.8 Å². The number of aromatic nitrogens is 1. The Morgan fingerprint density at radius 1 is 1.03 bits per heavy atom. The minimum atomic E-state index is -4.04. The Morgan fingerprint density at radius 2 is 1.75 bits per heavy atom. The van der Waals surface area contributed by atoms with Gasteiger partial charge in [0.05, 0.1) is 24.1 Å². The predicted octanol–water partition coefficient (Wildman–Crippen LogP) is 6.18. The van der Waals surface area contributed by atoms with Gasteiger partial charge < -0.3 is 29.7 Å². The largest absolute Gasteiger partial charge is 0.497 e.